The van der Waals surface area contributed by atoms with Gasteiger partial charge in [-0.2, -0.15) is 11.8 Å². The number of hydrogen-bond acceptors (Lipinski definition) is 4. The van der Waals surface area contributed by atoms with Crippen LogP contribution in [0.4, 0.5) is 4.79 Å². The van der Waals surface area contributed by atoms with E-state index in [-0.39, 0.29) is 17.4 Å². The monoisotopic (exact) mass is 320 g/mol. The van der Waals surface area contributed by atoms with Crippen LogP contribution in [0, 0.1) is 0 Å². The topological polar surface area (TPSA) is 60.9 Å². The molecule has 1 aliphatic heterocycles. The Balaban J connectivity index is 2.87. The van der Waals surface area contributed by atoms with E-state index in [1.54, 1.807) is 40.4 Å². The maximum atomic E-state index is 12.7. The van der Waals surface area contributed by atoms with Gasteiger partial charge < -0.3 is 10.0 Å². The Morgan fingerprint density at radius 2 is 2.15 bits per heavy atom. The summed E-state index contributed by atoms with van der Waals surface area (Å²) in [4.78, 5) is 27.3. The Labute approximate surface area is 129 Å². The summed E-state index contributed by atoms with van der Waals surface area (Å²) in [5, 5.41) is 9.27. The Morgan fingerprint density at radius 1 is 1.50 bits per heavy atom. The molecular weight excluding hydrogens is 296 g/mol. The number of thioether (sulfide) groups is 2. The van der Waals surface area contributed by atoms with E-state index < -0.39 is 12.0 Å². The number of aliphatic carboxylic acids is 1. The Kier molecular flexibility index (Phi) is 7.02. The third kappa shape index (κ3) is 3.75. The summed E-state index contributed by atoms with van der Waals surface area (Å²) >= 11 is 3.26. The van der Waals surface area contributed by atoms with E-state index in [0.29, 0.717) is 5.75 Å². The molecule has 1 saturated heterocycles. The number of carbonyl (C=O) groups is 2. The molecule has 3 atom stereocenters. The van der Waals surface area contributed by atoms with E-state index in [0.717, 1.165) is 18.6 Å². The second-order valence-corrected chi connectivity index (χ2v) is 6.99. The molecule has 116 valence electrons. The fraction of sp³-hybridized carbons (Fsp3) is 0.846. The van der Waals surface area contributed by atoms with E-state index in [1.165, 1.54) is 0 Å². The van der Waals surface area contributed by atoms with Crippen LogP contribution in [0.1, 0.15) is 26.7 Å². The van der Waals surface area contributed by atoms with E-state index in [2.05, 4.69) is 6.92 Å². The van der Waals surface area contributed by atoms with Gasteiger partial charge in [-0.3, -0.25) is 4.90 Å². The van der Waals surface area contributed by atoms with Crippen molar-refractivity contribution >= 4 is 35.5 Å². The molecule has 20 heavy (non-hydrogen) atoms. The summed E-state index contributed by atoms with van der Waals surface area (Å²) in [6, 6.07) is -0.711. The highest BCUT2D eigenvalue weighted by Crippen LogP contribution is 2.32. The fourth-order valence-corrected chi connectivity index (χ4v) is 4.54. The van der Waals surface area contributed by atoms with E-state index in [1.807, 2.05) is 13.2 Å². The average molecular weight is 320 g/mol. The third-order valence-corrected chi connectivity index (χ3v) is 5.80. The van der Waals surface area contributed by atoms with Gasteiger partial charge in [0.15, 0.2) is 0 Å². The Hall–Kier alpha value is -0.560. The quantitative estimate of drug-likeness (QED) is 0.814. The lowest BCUT2D eigenvalue weighted by molar-refractivity contribution is -0.141. The molecule has 0 bridgehead atoms. The molecule has 0 aromatic carbocycles. The highest BCUT2D eigenvalue weighted by molar-refractivity contribution is 8.00. The minimum Gasteiger partial charge on any atom is -0.480 e. The zero-order valence-corrected chi connectivity index (χ0v) is 14.2. The van der Waals surface area contributed by atoms with Gasteiger partial charge in [-0.05, 0) is 19.1 Å². The van der Waals surface area contributed by atoms with Crippen LogP contribution in [0.5, 0.6) is 0 Å². The molecule has 0 aromatic heterocycles. The number of nitrogens with zero attached hydrogens (tertiary/aromatic N) is 2. The normalized spacial score (nSPS) is 23.7. The van der Waals surface area contributed by atoms with Gasteiger partial charge in [0.2, 0.25) is 0 Å². The third-order valence-electron chi connectivity index (χ3n) is 3.63. The first-order chi connectivity index (χ1) is 9.47. The molecule has 1 heterocycles. The summed E-state index contributed by atoms with van der Waals surface area (Å²) in [7, 11) is 1.78. The van der Waals surface area contributed by atoms with Crippen LogP contribution in [0.15, 0.2) is 0 Å². The van der Waals surface area contributed by atoms with Crippen molar-refractivity contribution in [2.45, 2.75) is 44.1 Å². The van der Waals surface area contributed by atoms with E-state index in [9.17, 15) is 14.7 Å². The van der Waals surface area contributed by atoms with Crippen molar-refractivity contribution in [2.75, 3.05) is 24.8 Å². The van der Waals surface area contributed by atoms with Crippen LogP contribution >= 0.6 is 23.5 Å². The maximum Gasteiger partial charge on any atom is 0.327 e. The van der Waals surface area contributed by atoms with Gasteiger partial charge in [0.25, 0.3) is 0 Å². The lowest BCUT2D eigenvalue weighted by Crippen LogP contribution is -2.53. The van der Waals surface area contributed by atoms with Gasteiger partial charge in [0.05, 0.1) is 5.37 Å². The van der Waals surface area contributed by atoms with E-state index in [4.69, 9.17) is 0 Å². The molecule has 1 aliphatic rings. The van der Waals surface area contributed by atoms with Crippen molar-refractivity contribution in [1.82, 2.24) is 9.80 Å². The van der Waals surface area contributed by atoms with Crippen LogP contribution in [-0.2, 0) is 4.79 Å². The Morgan fingerprint density at radius 3 is 2.60 bits per heavy atom. The zero-order chi connectivity index (χ0) is 15.3. The molecule has 0 aliphatic carbocycles. The van der Waals surface area contributed by atoms with Crippen molar-refractivity contribution < 1.29 is 14.7 Å². The minimum absolute atomic E-state index is 0.0298. The predicted octanol–water partition coefficient (Wildman–Crippen LogP) is 2.42. The highest BCUT2D eigenvalue weighted by atomic mass is 32.2. The number of carboxylic acid groups (broad SMARTS) is 1. The summed E-state index contributed by atoms with van der Waals surface area (Å²) < 4.78 is 0. The summed E-state index contributed by atoms with van der Waals surface area (Å²) in [5.41, 5.74) is 0. The van der Waals surface area contributed by atoms with Crippen LogP contribution in [0.3, 0.4) is 0 Å². The lowest BCUT2D eigenvalue weighted by atomic mass is 10.2. The van der Waals surface area contributed by atoms with Gasteiger partial charge in [-0.15, -0.1) is 11.8 Å². The molecule has 7 heteroatoms. The van der Waals surface area contributed by atoms with Gasteiger partial charge in [0.1, 0.15) is 6.04 Å². The van der Waals surface area contributed by atoms with Crippen molar-refractivity contribution in [3.63, 3.8) is 0 Å². The zero-order valence-electron chi connectivity index (χ0n) is 12.5. The largest absolute Gasteiger partial charge is 0.480 e. The van der Waals surface area contributed by atoms with Gasteiger partial charge in [-0.1, -0.05) is 13.8 Å². The number of hydrogen-bond donors (Lipinski definition) is 1. The first-order valence-corrected chi connectivity index (χ1v) is 9.30. The first-order valence-electron chi connectivity index (χ1n) is 6.86. The van der Waals surface area contributed by atoms with Gasteiger partial charge >= 0.3 is 12.0 Å². The Bertz CT molecular complexity index is 355. The van der Waals surface area contributed by atoms with E-state index >= 15 is 0 Å². The molecule has 0 aromatic rings. The lowest BCUT2D eigenvalue weighted by Gasteiger charge is -2.35. The molecule has 1 N–H and O–H groups in total. The molecule has 2 amide bonds. The van der Waals surface area contributed by atoms with Crippen LogP contribution in [-0.4, -0.2) is 69.2 Å². The number of carbonyl (C=O) groups excluding carboxylic acids is 1. The maximum absolute atomic E-state index is 12.7. The summed E-state index contributed by atoms with van der Waals surface area (Å²) in [6.07, 6.45) is 3.66. The van der Waals surface area contributed by atoms with Gasteiger partial charge in [-0.25, -0.2) is 9.59 Å². The molecular formula is C13H24N2O3S2. The highest BCUT2D eigenvalue weighted by Gasteiger charge is 2.42. The fourth-order valence-electron chi connectivity index (χ4n) is 2.36. The van der Waals surface area contributed by atoms with Crippen molar-refractivity contribution in [3.05, 3.63) is 0 Å². The molecule has 5 nitrogen and oxygen atoms in total. The number of urea groups is 1. The van der Waals surface area contributed by atoms with Crippen molar-refractivity contribution in [1.29, 1.82) is 0 Å². The second kappa shape index (κ2) is 8.02. The van der Waals surface area contributed by atoms with Crippen LogP contribution in [0.2, 0.25) is 0 Å². The summed E-state index contributed by atoms with van der Waals surface area (Å²) in [5.74, 6) is 0.439. The van der Waals surface area contributed by atoms with Crippen LogP contribution < -0.4 is 0 Å². The molecule has 0 spiro atoms. The minimum atomic E-state index is -0.909. The SMILES string of the molecule is CCC(CSC)N(C)C(=O)N1C(CC)SCC1C(=O)O. The average Bonchev–Trinajstić information content (AvgIpc) is 2.87. The number of carboxylic acids is 1. The number of rotatable bonds is 6. The summed E-state index contributed by atoms with van der Waals surface area (Å²) in [6.45, 7) is 4.04. The molecule has 1 fully saturated rings. The molecule has 3 unspecified atom stereocenters. The number of amides is 2. The van der Waals surface area contributed by atoms with Crippen molar-refractivity contribution in [3.8, 4) is 0 Å². The van der Waals surface area contributed by atoms with Crippen molar-refractivity contribution in [2.24, 2.45) is 0 Å². The molecule has 1 rings (SSSR count). The van der Waals surface area contributed by atoms with Crippen LogP contribution in [0.25, 0.3) is 0 Å². The first kappa shape index (κ1) is 17.5. The smallest absolute Gasteiger partial charge is 0.327 e. The predicted molar refractivity (Wildman–Crippen MR) is 85.4 cm³/mol. The molecule has 0 radical (unpaired) electrons. The standard InChI is InChI=1S/C13H24N2O3S2/c1-5-9(7-19-4)14(3)13(18)15-10(12(16)17)8-20-11(15)6-2/h9-11H,5-8H2,1-4H3,(H,16,17). The molecule has 0 saturated carbocycles. The second-order valence-electron chi connectivity index (χ2n) is 4.87. The van der Waals surface area contributed by atoms with Gasteiger partial charge in [0, 0.05) is 24.6 Å².